The highest BCUT2D eigenvalue weighted by Gasteiger charge is 2.29. The number of hydrogen-bond donors (Lipinski definition) is 0. The summed E-state index contributed by atoms with van der Waals surface area (Å²) < 4.78 is 9.81. The molecule has 0 atom stereocenters. The van der Waals surface area contributed by atoms with E-state index in [0.717, 1.165) is 0 Å². The van der Waals surface area contributed by atoms with Crippen LogP contribution in [0.5, 0.6) is 0 Å². The van der Waals surface area contributed by atoms with Crippen molar-refractivity contribution in [3.63, 3.8) is 0 Å². The topological polar surface area (TPSA) is 132 Å². The van der Waals surface area contributed by atoms with Gasteiger partial charge in [0.05, 0.1) is 29.3 Å². The van der Waals surface area contributed by atoms with Gasteiger partial charge in [0.2, 0.25) is 0 Å². The molecular weight excluding hydrogens is 342 g/mol. The van der Waals surface area contributed by atoms with Crippen molar-refractivity contribution in [3.8, 4) is 0 Å². The van der Waals surface area contributed by atoms with Gasteiger partial charge in [-0.3, -0.25) is 10.1 Å². The molecule has 0 aliphatic rings. The fourth-order valence-electron chi connectivity index (χ4n) is 2.13. The third-order valence-electron chi connectivity index (χ3n) is 3.43. The second-order valence-corrected chi connectivity index (χ2v) is 5.09. The van der Waals surface area contributed by atoms with Crippen LogP contribution in [0.25, 0.3) is 5.53 Å². The summed E-state index contributed by atoms with van der Waals surface area (Å²) in [5.74, 6) is -1.56. The maximum Gasteiger partial charge on any atom is 0.421 e. The lowest BCUT2D eigenvalue weighted by atomic mass is 9.97. The van der Waals surface area contributed by atoms with Crippen LogP contribution in [0.4, 0.5) is 5.69 Å². The first kappa shape index (κ1) is 20.7. The maximum absolute atomic E-state index is 12.3. The minimum Gasteiger partial charge on any atom is -0.463 e. The first-order chi connectivity index (χ1) is 12.3. The van der Waals surface area contributed by atoms with Crippen molar-refractivity contribution >= 4 is 23.3 Å². The van der Waals surface area contributed by atoms with Crippen LogP contribution in [-0.2, 0) is 25.5 Å². The third-order valence-corrected chi connectivity index (χ3v) is 3.43. The molecule has 0 radical (unpaired) electrons. The highest BCUT2D eigenvalue weighted by molar-refractivity contribution is 6.41. The van der Waals surface area contributed by atoms with Gasteiger partial charge >= 0.3 is 17.7 Å². The number of carbonyl (C=O) groups excluding carboxylic acids is 2. The average molecular weight is 361 g/mol. The SMILES string of the molecule is CCOC(=O)C(=[N+]=[N-])/C(C)=C(/Cc1ccc([N+](=O)[O-])cc1)C(=O)OCC. The molecular formula is C17H19N3O6. The molecule has 9 heteroatoms. The Labute approximate surface area is 150 Å². The van der Waals surface area contributed by atoms with Crippen LogP contribution >= 0.6 is 0 Å². The van der Waals surface area contributed by atoms with Gasteiger partial charge in [-0.2, -0.15) is 4.79 Å². The van der Waals surface area contributed by atoms with E-state index in [0.29, 0.717) is 5.56 Å². The largest absolute Gasteiger partial charge is 0.463 e. The second-order valence-electron chi connectivity index (χ2n) is 5.09. The van der Waals surface area contributed by atoms with Crippen molar-refractivity contribution in [1.82, 2.24) is 0 Å². The van der Waals surface area contributed by atoms with Crippen molar-refractivity contribution in [2.45, 2.75) is 27.2 Å². The average Bonchev–Trinajstić information content (AvgIpc) is 2.60. The second kappa shape index (κ2) is 9.85. The quantitative estimate of drug-likeness (QED) is 0.133. The maximum atomic E-state index is 12.3. The van der Waals surface area contributed by atoms with Crippen LogP contribution in [0.3, 0.4) is 0 Å². The number of carbonyl (C=O) groups is 2. The van der Waals surface area contributed by atoms with Crippen molar-refractivity contribution in [3.05, 3.63) is 56.6 Å². The minimum atomic E-state index is -0.877. The Morgan fingerprint density at radius 2 is 1.65 bits per heavy atom. The molecule has 26 heavy (non-hydrogen) atoms. The minimum absolute atomic E-state index is 0.0289. The van der Waals surface area contributed by atoms with Gasteiger partial charge in [0.25, 0.3) is 5.69 Å². The van der Waals surface area contributed by atoms with E-state index in [1.54, 1.807) is 13.8 Å². The van der Waals surface area contributed by atoms with E-state index in [1.165, 1.54) is 31.2 Å². The molecule has 0 saturated heterocycles. The summed E-state index contributed by atoms with van der Waals surface area (Å²) in [6.07, 6.45) is 0.0289. The standard InChI is InChI=1S/C17H19N3O6/c1-4-25-16(21)14(11(3)15(19-18)17(22)26-5-2)10-12-6-8-13(9-7-12)20(23)24/h6-9H,4-5,10H2,1-3H3/b14-11-. The molecule has 0 fully saturated rings. The number of hydrogen-bond acceptors (Lipinski definition) is 6. The molecule has 0 saturated carbocycles. The van der Waals surface area contributed by atoms with Crippen molar-refractivity contribution in [1.29, 1.82) is 0 Å². The molecule has 9 nitrogen and oxygen atoms in total. The van der Waals surface area contributed by atoms with Gasteiger partial charge in [-0.15, -0.1) is 0 Å². The Balaban J connectivity index is 3.30. The number of non-ortho nitro benzene ring substituents is 1. The highest BCUT2D eigenvalue weighted by Crippen LogP contribution is 2.18. The highest BCUT2D eigenvalue weighted by atomic mass is 16.6. The van der Waals surface area contributed by atoms with Crippen molar-refractivity contribution in [2.75, 3.05) is 13.2 Å². The molecule has 1 aromatic rings. The van der Waals surface area contributed by atoms with E-state index < -0.39 is 22.6 Å². The van der Waals surface area contributed by atoms with E-state index in [-0.39, 0.29) is 36.5 Å². The summed E-state index contributed by atoms with van der Waals surface area (Å²) in [4.78, 5) is 37.3. The molecule has 1 rings (SSSR count). The molecule has 0 spiro atoms. The first-order valence-electron chi connectivity index (χ1n) is 7.85. The third kappa shape index (κ3) is 5.35. The van der Waals surface area contributed by atoms with E-state index >= 15 is 0 Å². The van der Waals surface area contributed by atoms with E-state index in [1.807, 2.05) is 0 Å². The summed E-state index contributed by atoms with van der Waals surface area (Å²) >= 11 is 0. The fourth-order valence-corrected chi connectivity index (χ4v) is 2.13. The number of nitro groups is 1. The first-order valence-corrected chi connectivity index (χ1v) is 7.85. The Morgan fingerprint density at radius 1 is 1.12 bits per heavy atom. The monoisotopic (exact) mass is 361 g/mol. The molecule has 0 unspecified atom stereocenters. The predicted molar refractivity (Wildman–Crippen MR) is 91.4 cm³/mol. The lowest BCUT2D eigenvalue weighted by molar-refractivity contribution is -0.384. The molecule has 138 valence electrons. The summed E-state index contributed by atoms with van der Waals surface area (Å²) in [7, 11) is 0. The molecule has 0 N–H and O–H groups in total. The van der Waals surface area contributed by atoms with Crippen LogP contribution in [0.15, 0.2) is 35.4 Å². The van der Waals surface area contributed by atoms with Crippen LogP contribution in [0.2, 0.25) is 0 Å². The van der Waals surface area contributed by atoms with E-state index in [4.69, 9.17) is 15.0 Å². The summed E-state index contributed by atoms with van der Waals surface area (Å²) in [6.45, 7) is 4.84. The van der Waals surface area contributed by atoms with E-state index in [9.17, 15) is 19.7 Å². The summed E-state index contributed by atoms with van der Waals surface area (Å²) in [5.41, 5.74) is 9.42. The van der Waals surface area contributed by atoms with Crippen molar-refractivity contribution in [2.24, 2.45) is 0 Å². The van der Waals surface area contributed by atoms with Crippen molar-refractivity contribution < 1.29 is 28.8 Å². The van der Waals surface area contributed by atoms with E-state index in [2.05, 4.69) is 4.79 Å². The predicted octanol–water partition coefficient (Wildman–Crippen LogP) is 2.25. The van der Waals surface area contributed by atoms with Crippen LogP contribution in [-0.4, -0.2) is 40.6 Å². The van der Waals surface area contributed by atoms with Crippen LogP contribution < -0.4 is 0 Å². The Bertz CT molecular complexity index is 776. The number of nitrogens with zero attached hydrogens (tertiary/aromatic N) is 3. The number of rotatable bonds is 8. The molecule has 0 heterocycles. The number of nitro benzene ring substituents is 1. The number of benzene rings is 1. The Hall–Kier alpha value is -3.32. The van der Waals surface area contributed by atoms with Gasteiger partial charge in [0, 0.05) is 18.6 Å². The Kier molecular flexibility index (Phi) is 7.85. The lowest BCUT2D eigenvalue weighted by Gasteiger charge is -2.09. The summed E-state index contributed by atoms with van der Waals surface area (Å²) in [5, 5.41) is 10.7. The smallest absolute Gasteiger partial charge is 0.421 e. The molecule has 0 aromatic heterocycles. The Morgan fingerprint density at radius 3 is 2.12 bits per heavy atom. The van der Waals surface area contributed by atoms with Gasteiger partial charge in [0.1, 0.15) is 0 Å². The summed E-state index contributed by atoms with van der Waals surface area (Å²) in [6, 6.07) is 5.59. The van der Waals surface area contributed by atoms with Gasteiger partial charge in [-0.05, 0) is 26.3 Å². The van der Waals surface area contributed by atoms with Crippen LogP contribution in [0.1, 0.15) is 26.3 Å². The van der Waals surface area contributed by atoms with Gasteiger partial charge in [-0.25, -0.2) is 9.59 Å². The van der Waals surface area contributed by atoms with Gasteiger partial charge < -0.3 is 15.0 Å². The fraction of sp³-hybridized carbons (Fsp3) is 0.353. The zero-order valence-electron chi connectivity index (χ0n) is 14.7. The molecule has 0 aliphatic carbocycles. The molecule has 0 bridgehead atoms. The zero-order valence-corrected chi connectivity index (χ0v) is 14.7. The number of esters is 2. The molecule has 0 aliphatic heterocycles. The number of ether oxygens (including phenoxy) is 2. The van der Waals surface area contributed by atoms with Gasteiger partial charge in [0.15, 0.2) is 0 Å². The lowest BCUT2D eigenvalue weighted by Crippen LogP contribution is -2.23. The molecule has 1 aromatic carbocycles. The normalized spacial score (nSPS) is 11.0. The molecule has 0 amide bonds. The van der Waals surface area contributed by atoms with Gasteiger partial charge in [-0.1, -0.05) is 12.1 Å². The zero-order chi connectivity index (χ0) is 19.7. The van der Waals surface area contributed by atoms with Crippen LogP contribution in [0, 0.1) is 10.1 Å².